The molecule has 0 heterocycles. The van der Waals surface area contributed by atoms with Crippen molar-refractivity contribution in [2.45, 2.75) is 83.0 Å². The first-order valence-electron chi connectivity index (χ1n) is 7.79. The molecule has 1 N–H and O–H groups in total. The molecule has 2 atom stereocenters. The lowest BCUT2D eigenvalue weighted by molar-refractivity contribution is -0.182. The quantitative estimate of drug-likeness (QED) is 0.723. The molecule has 2 rings (SSSR count). The zero-order valence-electron chi connectivity index (χ0n) is 11.8. The molecule has 4 heteroatoms. The highest BCUT2D eigenvalue weighted by molar-refractivity contribution is 4.85. The summed E-state index contributed by atoms with van der Waals surface area (Å²) in [6.07, 6.45) is 4.34. The average Bonchev–Trinajstić information content (AvgIpc) is 2.55. The maximum absolute atomic E-state index is 12.6. The lowest BCUT2D eigenvalue weighted by atomic mass is 9.84. The maximum atomic E-state index is 12.6. The van der Waals surface area contributed by atoms with Gasteiger partial charge in [0.2, 0.25) is 0 Å². The third-order valence-corrected chi connectivity index (χ3v) is 5.00. The van der Waals surface area contributed by atoms with E-state index >= 15 is 0 Å². The van der Waals surface area contributed by atoms with Crippen LogP contribution in [0.5, 0.6) is 0 Å². The molecule has 0 amide bonds. The van der Waals surface area contributed by atoms with Gasteiger partial charge in [0, 0.05) is 12.1 Å². The average molecular weight is 277 g/mol. The summed E-state index contributed by atoms with van der Waals surface area (Å²) in [5, 5.41) is 3.65. The first kappa shape index (κ1) is 15.1. The van der Waals surface area contributed by atoms with Crippen LogP contribution in [0.2, 0.25) is 0 Å². The van der Waals surface area contributed by atoms with Gasteiger partial charge in [-0.3, -0.25) is 0 Å². The number of nitrogens with one attached hydrogen (secondary N) is 1. The van der Waals surface area contributed by atoms with Crippen LogP contribution in [0, 0.1) is 11.8 Å². The minimum atomic E-state index is -3.99. The summed E-state index contributed by atoms with van der Waals surface area (Å²) in [7, 11) is 0. The van der Waals surface area contributed by atoms with E-state index in [4.69, 9.17) is 0 Å². The lowest BCUT2D eigenvalue weighted by Crippen LogP contribution is -2.44. The topological polar surface area (TPSA) is 12.0 Å². The first-order valence-corrected chi connectivity index (χ1v) is 7.79. The second kappa shape index (κ2) is 6.47. The van der Waals surface area contributed by atoms with Gasteiger partial charge in [0.25, 0.3) is 0 Å². The Hall–Kier alpha value is -0.250. The molecule has 112 valence electrons. The molecular formula is C15H26F3N. The molecule has 0 aliphatic heterocycles. The Bertz CT molecular complexity index is 269. The van der Waals surface area contributed by atoms with Gasteiger partial charge in [0.1, 0.15) is 0 Å². The van der Waals surface area contributed by atoms with E-state index in [1.165, 1.54) is 32.1 Å². The van der Waals surface area contributed by atoms with Crippen molar-refractivity contribution in [1.29, 1.82) is 0 Å². The fraction of sp³-hybridized carbons (Fsp3) is 1.00. The second-order valence-corrected chi connectivity index (χ2v) is 6.48. The first-order chi connectivity index (χ1) is 8.97. The molecule has 0 bridgehead atoms. The van der Waals surface area contributed by atoms with Gasteiger partial charge in [-0.25, -0.2) is 0 Å². The Kier molecular flexibility index (Phi) is 5.15. The standard InChI is InChI=1S/C15H26F3N/c1-11-5-3-2-4-6-14(11)19-13-9-7-12(8-10-13)15(16,17)18/h11-14,19H,2-10H2,1H3. The van der Waals surface area contributed by atoms with Crippen LogP contribution in [0.25, 0.3) is 0 Å². The Labute approximate surface area is 114 Å². The number of alkyl halides is 3. The molecule has 1 nitrogen and oxygen atoms in total. The highest BCUT2D eigenvalue weighted by Crippen LogP contribution is 2.38. The van der Waals surface area contributed by atoms with Crippen LogP contribution in [-0.4, -0.2) is 18.3 Å². The van der Waals surface area contributed by atoms with Crippen LogP contribution >= 0.6 is 0 Å². The Morgan fingerprint density at radius 1 is 0.842 bits per heavy atom. The van der Waals surface area contributed by atoms with Crippen molar-refractivity contribution in [1.82, 2.24) is 5.32 Å². The summed E-state index contributed by atoms with van der Waals surface area (Å²) in [5.41, 5.74) is 0. The van der Waals surface area contributed by atoms with Crippen LogP contribution in [-0.2, 0) is 0 Å². The predicted molar refractivity (Wildman–Crippen MR) is 71.0 cm³/mol. The second-order valence-electron chi connectivity index (χ2n) is 6.48. The summed E-state index contributed by atoms with van der Waals surface area (Å²) in [6, 6.07) is 0.832. The van der Waals surface area contributed by atoms with Gasteiger partial charge in [-0.2, -0.15) is 13.2 Å². The maximum Gasteiger partial charge on any atom is 0.391 e. The van der Waals surface area contributed by atoms with Crippen molar-refractivity contribution in [3.8, 4) is 0 Å². The third-order valence-electron chi connectivity index (χ3n) is 5.00. The summed E-state index contributed by atoms with van der Waals surface area (Å²) in [4.78, 5) is 0. The van der Waals surface area contributed by atoms with E-state index in [2.05, 4.69) is 12.2 Å². The van der Waals surface area contributed by atoms with Gasteiger partial charge in [0.05, 0.1) is 5.92 Å². The monoisotopic (exact) mass is 277 g/mol. The Balaban J connectivity index is 1.78. The molecule has 19 heavy (non-hydrogen) atoms. The molecule has 0 spiro atoms. The zero-order valence-corrected chi connectivity index (χ0v) is 11.8. The van der Waals surface area contributed by atoms with Crippen LogP contribution in [0.15, 0.2) is 0 Å². The molecule has 0 aromatic heterocycles. The summed E-state index contributed by atoms with van der Waals surface area (Å²) < 4.78 is 37.9. The minimum Gasteiger partial charge on any atom is -0.311 e. The van der Waals surface area contributed by atoms with E-state index in [0.29, 0.717) is 43.7 Å². The normalized spacial score (nSPS) is 37.9. The van der Waals surface area contributed by atoms with E-state index in [-0.39, 0.29) is 0 Å². The third kappa shape index (κ3) is 4.37. The van der Waals surface area contributed by atoms with E-state index in [9.17, 15) is 13.2 Å². The van der Waals surface area contributed by atoms with Crippen LogP contribution in [0.4, 0.5) is 13.2 Å². The summed E-state index contributed by atoms with van der Waals surface area (Å²) >= 11 is 0. The fourth-order valence-electron chi connectivity index (χ4n) is 3.63. The van der Waals surface area contributed by atoms with Crippen molar-refractivity contribution >= 4 is 0 Å². The zero-order chi connectivity index (χ0) is 13.9. The SMILES string of the molecule is CC1CCCCCC1NC1CCC(C(F)(F)F)CC1. The molecule has 2 aliphatic carbocycles. The highest BCUT2D eigenvalue weighted by atomic mass is 19.4. The van der Waals surface area contributed by atoms with Crippen molar-refractivity contribution in [2.75, 3.05) is 0 Å². The number of hydrogen-bond donors (Lipinski definition) is 1. The molecule has 2 unspecified atom stereocenters. The van der Waals surface area contributed by atoms with Crippen molar-refractivity contribution in [3.63, 3.8) is 0 Å². The van der Waals surface area contributed by atoms with Gasteiger partial charge in [-0.05, 0) is 44.4 Å². The number of halogens is 3. The highest BCUT2D eigenvalue weighted by Gasteiger charge is 2.41. The van der Waals surface area contributed by atoms with Gasteiger partial charge in [0.15, 0.2) is 0 Å². The van der Waals surface area contributed by atoms with E-state index in [1.807, 2.05) is 0 Å². The molecule has 0 saturated heterocycles. The van der Waals surface area contributed by atoms with Gasteiger partial charge < -0.3 is 5.32 Å². The molecule has 0 radical (unpaired) electrons. The van der Waals surface area contributed by atoms with E-state index in [1.54, 1.807) is 0 Å². The predicted octanol–water partition coefficient (Wildman–Crippen LogP) is 4.67. The minimum absolute atomic E-state index is 0.308. The lowest BCUT2D eigenvalue weighted by Gasteiger charge is -2.34. The van der Waals surface area contributed by atoms with Gasteiger partial charge in [-0.15, -0.1) is 0 Å². The van der Waals surface area contributed by atoms with Gasteiger partial charge in [-0.1, -0.05) is 26.2 Å². The van der Waals surface area contributed by atoms with Crippen LogP contribution in [0.3, 0.4) is 0 Å². The largest absolute Gasteiger partial charge is 0.391 e. The van der Waals surface area contributed by atoms with E-state index < -0.39 is 12.1 Å². The number of rotatable bonds is 2. The molecule has 2 saturated carbocycles. The number of hydrogen-bond acceptors (Lipinski definition) is 1. The molecule has 2 aliphatic rings. The molecule has 0 aromatic rings. The van der Waals surface area contributed by atoms with Crippen molar-refractivity contribution in [2.24, 2.45) is 11.8 Å². The van der Waals surface area contributed by atoms with Crippen molar-refractivity contribution < 1.29 is 13.2 Å². The Morgan fingerprint density at radius 2 is 1.47 bits per heavy atom. The molecular weight excluding hydrogens is 251 g/mol. The Morgan fingerprint density at radius 3 is 2.11 bits per heavy atom. The molecule has 0 aromatic carbocycles. The van der Waals surface area contributed by atoms with E-state index in [0.717, 1.165) is 0 Å². The summed E-state index contributed by atoms with van der Waals surface area (Å²) in [5.74, 6) is -0.389. The summed E-state index contributed by atoms with van der Waals surface area (Å²) in [6.45, 7) is 2.28. The fourth-order valence-corrected chi connectivity index (χ4v) is 3.63. The van der Waals surface area contributed by atoms with Crippen LogP contribution < -0.4 is 5.32 Å². The molecule has 2 fully saturated rings. The van der Waals surface area contributed by atoms with Crippen LogP contribution in [0.1, 0.15) is 64.7 Å². The van der Waals surface area contributed by atoms with Crippen molar-refractivity contribution in [3.05, 3.63) is 0 Å². The smallest absolute Gasteiger partial charge is 0.311 e. The van der Waals surface area contributed by atoms with Gasteiger partial charge >= 0.3 is 6.18 Å².